The van der Waals surface area contributed by atoms with Gasteiger partial charge in [0.05, 0.1) is 10.5 Å². The Morgan fingerprint density at radius 1 is 1.06 bits per heavy atom. The van der Waals surface area contributed by atoms with Crippen LogP contribution in [0.1, 0.15) is 22.8 Å². The highest BCUT2D eigenvalue weighted by Crippen LogP contribution is 2.23. The van der Waals surface area contributed by atoms with Crippen LogP contribution in [0.4, 0.5) is 5.69 Å². The lowest BCUT2D eigenvalue weighted by Crippen LogP contribution is -2.48. The van der Waals surface area contributed by atoms with E-state index in [2.05, 4.69) is 17.1 Å². The van der Waals surface area contributed by atoms with Crippen molar-refractivity contribution in [3.8, 4) is 0 Å². The minimum atomic E-state index is -3.58. The molecule has 0 radical (unpaired) electrons. The maximum absolute atomic E-state index is 12.9. The zero-order chi connectivity index (χ0) is 22.0. The van der Waals surface area contributed by atoms with Gasteiger partial charge in [0.25, 0.3) is 5.91 Å². The van der Waals surface area contributed by atoms with Gasteiger partial charge in [-0.3, -0.25) is 4.79 Å². The smallest absolute Gasteiger partial charge is 0.339 e. The van der Waals surface area contributed by atoms with Gasteiger partial charge in [-0.25, -0.2) is 13.2 Å². The summed E-state index contributed by atoms with van der Waals surface area (Å²) in [6.07, 6.45) is -0.634. The van der Waals surface area contributed by atoms with Gasteiger partial charge in [-0.2, -0.15) is 4.31 Å². The van der Waals surface area contributed by atoms with Crippen LogP contribution in [-0.4, -0.2) is 68.3 Å². The second kappa shape index (κ2) is 8.78. The molecule has 0 unspecified atom stereocenters. The fraction of sp³-hybridized carbons (Fsp3) is 0.364. The van der Waals surface area contributed by atoms with E-state index < -0.39 is 28.0 Å². The van der Waals surface area contributed by atoms with Gasteiger partial charge < -0.3 is 15.0 Å². The van der Waals surface area contributed by atoms with Crippen molar-refractivity contribution >= 4 is 27.6 Å². The van der Waals surface area contributed by atoms with Crippen molar-refractivity contribution in [3.63, 3.8) is 0 Å². The van der Waals surface area contributed by atoms with Crippen LogP contribution < -0.4 is 5.32 Å². The molecule has 8 nitrogen and oxygen atoms in total. The molecule has 0 aliphatic carbocycles. The second-order valence-corrected chi connectivity index (χ2v) is 9.55. The quantitative estimate of drug-likeness (QED) is 0.707. The van der Waals surface area contributed by atoms with E-state index in [0.29, 0.717) is 43.9 Å². The van der Waals surface area contributed by atoms with Gasteiger partial charge in [-0.1, -0.05) is 25.1 Å². The Morgan fingerprint density at radius 3 is 2.42 bits per heavy atom. The first-order chi connectivity index (χ1) is 14.9. The van der Waals surface area contributed by atoms with Gasteiger partial charge in [0.15, 0.2) is 6.10 Å². The molecule has 2 aliphatic rings. The molecule has 1 saturated heterocycles. The van der Waals surface area contributed by atoms with Crippen molar-refractivity contribution in [2.75, 3.05) is 38.0 Å². The number of hydrogen-bond donors (Lipinski definition) is 1. The van der Waals surface area contributed by atoms with Crippen LogP contribution in [0, 0.1) is 0 Å². The number of nitrogens with one attached hydrogen (secondary N) is 1. The van der Waals surface area contributed by atoms with E-state index in [0.717, 1.165) is 12.1 Å². The lowest BCUT2D eigenvalue weighted by Gasteiger charge is -2.33. The van der Waals surface area contributed by atoms with Crippen LogP contribution in [0.15, 0.2) is 53.4 Å². The Morgan fingerprint density at radius 2 is 1.74 bits per heavy atom. The number of anilines is 1. The van der Waals surface area contributed by atoms with Gasteiger partial charge in [0, 0.05) is 38.3 Å². The highest BCUT2D eigenvalue weighted by molar-refractivity contribution is 7.89. The molecule has 0 saturated carbocycles. The summed E-state index contributed by atoms with van der Waals surface area (Å²) in [4.78, 5) is 27.1. The topological polar surface area (TPSA) is 96.0 Å². The normalized spacial score (nSPS) is 20.0. The molecule has 0 bridgehead atoms. The zero-order valence-electron chi connectivity index (χ0n) is 17.3. The summed E-state index contributed by atoms with van der Waals surface area (Å²) in [7, 11) is -3.58. The van der Waals surface area contributed by atoms with Crippen LogP contribution in [0.25, 0.3) is 0 Å². The highest BCUT2D eigenvalue weighted by Gasteiger charge is 2.31. The van der Waals surface area contributed by atoms with Gasteiger partial charge in [-0.05, 0) is 42.4 Å². The number of piperazine rings is 1. The molecule has 1 amide bonds. The number of benzene rings is 2. The Hall–Kier alpha value is -2.75. The summed E-state index contributed by atoms with van der Waals surface area (Å²) in [6, 6.07) is 13.1. The molecule has 2 aliphatic heterocycles. The Kier molecular flexibility index (Phi) is 6.08. The van der Waals surface area contributed by atoms with E-state index in [9.17, 15) is 18.0 Å². The van der Waals surface area contributed by atoms with Crippen molar-refractivity contribution in [2.45, 2.75) is 24.3 Å². The lowest BCUT2D eigenvalue weighted by molar-refractivity contribution is -0.125. The first-order valence-corrected chi connectivity index (χ1v) is 11.7. The van der Waals surface area contributed by atoms with E-state index in [1.807, 2.05) is 6.07 Å². The molecule has 9 heteroatoms. The summed E-state index contributed by atoms with van der Waals surface area (Å²) >= 11 is 0. The minimum Gasteiger partial charge on any atom is -0.448 e. The lowest BCUT2D eigenvalue weighted by atomic mass is 9.98. The van der Waals surface area contributed by atoms with Gasteiger partial charge in [0.1, 0.15) is 0 Å². The molecule has 2 aromatic carbocycles. The fourth-order valence-corrected chi connectivity index (χ4v) is 5.27. The van der Waals surface area contributed by atoms with Crippen LogP contribution in [0.2, 0.25) is 0 Å². The molecule has 2 aromatic rings. The average Bonchev–Trinajstić information content (AvgIpc) is 2.79. The van der Waals surface area contributed by atoms with Crippen LogP contribution in [0.5, 0.6) is 0 Å². The number of nitrogens with zero attached hydrogens (tertiary/aromatic N) is 2. The second-order valence-electron chi connectivity index (χ2n) is 7.61. The van der Waals surface area contributed by atoms with Crippen molar-refractivity contribution in [2.24, 2.45) is 0 Å². The number of cyclic esters (lactones) is 1. The summed E-state index contributed by atoms with van der Waals surface area (Å²) < 4.78 is 32.5. The molecule has 1 fully saturated rings. The number of rotatable bonds is 5. The number of esters is 1. The van der Waals surface area contributed by atoms with E-state index in [4.69, 9.17) is 4.74 Å². The maximum Gasteiger partial charge on any atom is 0.339 e. The van der Waals surface area contributed by atoms with Crippen LogP contribution in [0.3, 0.4) is 0 Å². The number of carbonyl (C=O) groups is 2. The third-order valence-corrected chi connectivity index (χ3v) is 7.64. The summed E-state index contributed by atoms with van der Waals surface area (Å²) in [5, 5.41) is 2.70. The molecule has 1 atom stereocenters. The highest BCUT2D eigenvalue weighted by atomic mass is 32.2. The molecular formula is C22H25N3O5S. The Labute approximate surface area is 181 Å². The van der Waals surface area contributed by atoms with Gasteiger partial charge in [-0.15, -0.1) is 0 Å². The molecule has 164 valence electrons. The number of likely N-dealkylation sites (N-methyl/N-ethyl adjacent to an activating group) is 1. The molecule has 1 N–H and O–H groups in total. The third-order valence-electron chi connectivity index (χ3n) is 5.72. The van der Waals surface area contributed by atoms with Crippen molar-refractivity contribution in [3.05, 3.63) is 59.7 Å². The molecule has 31 heavy (non-hydrogen) atoms. The van der Waals surface area contributed by atoms with Gasteiger partial charge >= 0.3 is 5.97 Å². The molecule has 0 spiro atoms. The number of hydrogen-bond acceptors (Lipinski definition) is 6. The molecule has 2 heterocycles. The number of amides is 1. The van der Waals surface area contributed by atoms with E-state index in [-0.39, 0.29) is 4.90 Å². The first-order valence-electron chi connectivity index (χ1n) is 10.3. The van der Waals surface area contributed by atoms with E-state index in [1.54, 1.807) is 30.3 Å². The van der Waals surface area contributed by atoms with E-state index in [1.165, 1.54) is 16.4 Å². The number of fused-ring (bicyclic) bond motifs is 1. The molecular weight excluding hydrogens is 418 g/mol. The standard InChI is InChI=1S/C22H25N3O5S/c1-2-24-11-13-25(14-12-24)31(28,29)18-9-7-17(8-10-18)23-21(26)20-15-16-5-3-4-6-19(16)22(27)30-20/h3-10,20H,2,11-15H2,1H3,(H,23,26)/t20-/m1/s1. The zero-order valence-corrected chi connectivity index (χ0v) is 18.1. The van der Waals surface area contributed by atoms with Crippen molar-refractivity contribution in [1.82, 2.24) is 9.21 Å². The summed E-state index contributed by atoms with van der Waals surface area (Å²) in [6.45, 7) is 5.32. The number of sulfonamides is 1. The summed E-state index contributed by atoms with van der Waals surface area (Å²) in [5.74, 6) is -0.972. The monoisotopic (exact) mass is 443 g/mol. The van der Waals surface area contributed by atoms with Crippen LogP contribution >= 0.6 is 0 Å². The number of carbonyl (C=O) groups excluding carboxylic acids is 2. The minimum absolute atomic E-state index is 0.188. The SMILES string of the molecule is CCN1CCN(S(=O)(=O)c2ccc(NC(=O)[C@H]3Cc4ccccc4C(=O)O3)cc2)CC1. The molecule has 0 aromatic heterocycles. The predicted molar refractivity (Wildman–Crippen MR) is 115 cm³/mol. The first kappa shape index (κ1) is 21.5. The Balaban J connectivity index is 1.41. The third kappa shape index (κ3) is 4.48. The van der Waals surface area contributed by atoms with E-state index >= 15 is 0 Å². The number of ether oxygens (including phenoxy) is 1. The fourth-order valence-electron chi connectivity index (χ4n) is 3.85. The van der Waals surface area contributed by atoms with Crippen molar-refractivity contribution < 1.29 is 22.7 Å². The Bertz CT molecular complexity index is 1080. The van der Waals surface area contributed by atoms with Crippen molar-refractivity contribution in [1.29, 1.82) is 0 Å². The van der Waals surface area contributed by atoms with Crippen LogP contribution in [-0.2, 0) is 26.0 Å². The summed E-state index contributed by atoms with van der Waals surface area (Å²) in [5.41, 5.74) is 1.68. The van der Waals surface area contributed by atoms with Gasteiger partial charge in [0.2, 0.25) is 10.0 Å². The molecule has 4 rings (SSSR count). The maximum atomic E-state index is 12.9. The largest absolute Gasteiger partial charge is 0.448 e. The predicted octanol–water partition coefficient (Wildman–Crippen LogP) is 1.73. The average molecular weight is 444 g/mol.